The van der Waals surface area contributed by atoms with Gasteiger partial charge in [-0.15, -0.1) is 0 Å². The fourth-order valence-corrected chi connectivity index (χ4v) is 4.32. The lowest BCUT2D eigenvalue weighted by Gasteiger charge is -2.38. The quantitative estimate of drug-likeness (QED) is 0.865. The van der Waals surface area contributed by atoms with Gasteiger partial charge in [0.25, 0.3) is 10.0 Å². The molecule has 2 aliphatic heterocycles. The van der Waals surface area contributed by atoms with Crippen LogP contribution in [0.3, 0.4) is 0 Å². The number of fused-ring (bicyclic) bond motifs is 1. The molecule has 0 saturated carbocycles. The van der Waals surface area contributed by atoms with Gasteiger partial charge in [-0.25, -0.2) is 8.42 Å². The zero-order valence-corrected chi connectivity index (χ0v) is 16.0. The molecule has 1 N–H and O–H groups in total. The van der Waals surface area contributed by atoms with Gasteiger partial charge in [0.15, 0.2) is 11.5 Å². The van der Waals surface area contributed by atoms with Gasteiger partial charge in [0, 0.05) is 30.0 Å². The minimum atomic E-state index is -3.71. The van der Waals surface area contributed by atoms with Gasteiger partial charge in [-0.3, -0.25) is 4.72 Å². The Labute approximate surface area is 158 Å². The van der Waals surface area contributed by atoms with E-state index < -0.39 is 10.0 Å². The van der Waals surface area contributed by atoms with E-state index in [4.69, 9.17) is 14.2 Å². The van der Waals surface area contributed by atoms with E-state index in [1.54, 1.807) is 18.2 Å². The van der Waals surface area contributed by atoms with E-state index >= 15 is 0 Å². The second kappa shape index (κ2) is 6.94. The van der Waals surface area contributed by atoms with Crippen LogP contribution in [0.1, 0.15) is 13.8 Å². The van der Waals surface area contributed by atoms with Gasteiger partial charge in [0.2, 0.25) is 6.79 Å². The van der Waals surface area contributed by atoms with Crippen LogP contribution in [0.4, 0.5) is 11.4 Å². The number of anilines is 2. The second-order valence-corrected chi connectivity index (χ2v) is 8.50. The Bertz CT molecular complexity index is 930. The van der Waals surface area contributed by atoms with Crippen molar-refractivity contribution in [2.75, 3.05) is 29.6 Å². The van der Waals surface area contributed by atoms with Crippen molar-refractivity contribution in [1.82, 2.24) is 0 Å². The first-order valence-electron chi connectivity index (χ1n) is 8.83. The van der Waals surface area contributed by atoms with Crippen LogP contribution in [-0.2, 0) is 14.8 Å². The number of benzene rings is 2. The van der Waals surface area contributed by atoms with Gasteiger partial charge in [0.05, 0.1) is 17.6 Å². The molecule has 4 rings (SSSR count). The number of sulfonamides is 1. The van der Waals surface area contributed by atoms with Crippen LogP contribution >= 0.6 is 0 Å². The third-order valence-electron chi connectivity index (χ3n) is 4.71. The van der Waals surface area contributed by atoms with E-state index in [2.05, 4.69) is 16.5 Å². The smallest absolute Gasteiger partial charge is 0.262 e. The fraction of sp³-hybridized carbons (Fsp3) is 0.368. The molecule has 0 amide bonds. The highest BCUT2D eigenvalue weighted by Crippen LogP contribution is 2.34. The number of ether oxygens (including phenoxy) is 3. The van der Waals surface area contributed by atoms with Crippen LogP contribution in [0.15, 0.2) is 47.4 Å². The van der Waals surface area contributed by atoms with Crippen LogP contribution in [0.5, 0.6) is 11.5 Å². The van der Waals surface area contributed by atoms with Crippen molar-refractivity contribution in [3.05, 3.63) is 42.5 Å². The zero-order valence-electron chi connectivity index (χ0n) is 15.2. The Balaban J connectivity index is 1.51. The van der Waals surface area contributed by atoms with Crippen LogP contribution in [0, 0.1) is 0 Å². The number of nitrogens with zero attached hydrogens (tertiary/aromatic N) is 1. The average molecular weight is 390 g/mol. The molecule has 2 unspecified atom stereocenters. The van der Waals surface area contributed by atoms with Crippen LogP contribution < -0.4 is 19.1 Å². The lowest BCUT2D eigenvalue weighted by atomic mass is 10.1. The van der Waals surface area contributed by atoms with E-state index in [1.165, 1.54) is 12.1 Å². The predicted octanol–water partition coefficient (Wildman–Crippen LogP) is 2.83. The minimum Gasteiger partial charge on any atom is -0.454 e. The largest absolute Gasteiger partial charge is 0.454 e. The van der Waals surface area contributed by atoms with Gasteiger partial charge in [-0.05, 0) is 50.2 Å². The highest BCUT2D eigenvalue weighted by molar-refractivity contribution is 7.92. The highest BCUT2D eigenvalue weighted by Gasteiger charge is 2.24. The van der Waals surface area contributed by atoms with E-state index in [9.17, 15) is 8.42 Å². The predicted molar refractivity (Wildman–Crippen MR) is 102 cm³/mol. The first kappa shape index (κ1) is 17.9. The Hall–Kier alpha value is -2.45. The van der Waals surface area contributed by atoms with Crippen molar-refractivity contribution >= 4 is 21.4 Å². The molecule has 1 saturated heterocycles. The van der Waals surface area contributed by atoms with E-state index in [-0.39, 0.29) is 23.8 Å². The maximum atomic E-state index is 12.6. The molecule has 1 fully saturated rings. The summed E-state index contributed by atoms with van der Waals surface area (Å²) in [7, 11) is -3.71. The van der Waals surface area contributed by atoms with Crippen LogP contribution in [-0.4, -0.2) is 40.5 Å². The zero-order chi connectivity index (χ0) is 19.0. The van der Waals surface area contributed by atoms with Gasteiger partial charge in [-0.2, -0.15) is 0 Å². The fourth-order valence-electron chi connectivity index (χ4n) is 3.24. The molecule has 7 nitrogen and oxygen atoms in total. The van der Waals surface area contributed by atoms with Crippen LogP contribution in [0.2, 0.25) is 0 Å². The van der Waals surface area contributed by atoms with E-state index in [0.717, 1.165) is 12.2 Å². The number of hydrogen-bond acceptors (Lipinski definition) is 6. The summed E-state index contributed by atoms with van der Waals surface area (Å²) in [6.07, 6.45) is 0.172. The normalized spacial score (nSPS) is 21.9. The van der Waals surface area contributed by atoms with E-state index in [0.29, 0.717) is 23.8 Å². The summed E-state index contributed by atoms with van der Waals surface area (Å²) in [5.74, 6) is 0.982. The first-order chi connectivity index (χ1) is 12.9. The SMILES string of the molecule is CC1CN(c2ccc(NS(=O)(=O)c3ccc4c(c3)OCO4)cc2)C(C)CO1. The summed E-state index contributed by atoms with van der Waals surface area (Å²) in [5.41, 5.74) is 1.55. The third-order valence-corrected chi connectivity index (χ3v) is 6.09. The molecule has 2 aliphatic rings. The van der Waals surface area contributed by atoms with Crippen molar-refractivity contribution < 1.29 is 22.6 Å². The van der Waals surface area contributed by atoms with Gasteiger partial charge in [0.1, 0.15) is 0 Å². The standard InChI is InChI=1S/C19H22N2O5S/c1-13-11-24-14(2)10-21(13)16-5-3-15(4-6-16)20-27(22,23)17-7-8-18-19(9-17)26-12-25-18/h3-9,13-14,20H,10-12H2,1-2H3. The summed E-state index contributed by atoms with van der Waals surface area (Å²) in [6.45, 7) is 5.75. The Morgan fingerprint density at radius 3 is 2.56 bits per heavy atom. The maximum absolute atomic E-state index is 12.6. The first-order valence-corrected chi connectivity index (χ1v) is 10.3. The molecule has 27 heavy (non-hydrogen) atoms. The van der Waals surface area contributed by atoms with Crippen LogP contribution in [0.25, 0.3) is 0 Å². The van der Waals surface area contributed by atoms with Gasteiger partial charge in [-0.1, -0.05) is 0 Å². The lowest BCUT2D eigenvalue weighted by molar-refractivity contribution is 0.0344. The molecule has 2 aromatic carbocycles. The summed E-state index contributed by atoms with van der Waals surface area (Å²) in [4.78, 5) is 2.40. The van der Waals surface area contributed by atoms with Crippen molar-refractivity contribution in [3.63, 3.8) is 0 Å². The average Bonchev–Trinajstić information content (AvgIpc) is 3.12. The summed E-state index contributed by atoms with van der Waals surface area (Å²) < 4.78 is 44.0. The van der Waals surface area contributed by atoms with Crippen molar-refractivity contribution in [1.29, 1.82) is 0 Å². The molecule has 0 radical (unpaired) electrons. The molecule has 0 aromatic heterocycles. The molecular weight excluding hydrogens is 368 g/mol. The monoisotopic (exact) mass is 390 g/mol. The summed E-state index contributed by atoms with van der Waals surface area (Å²) in [5, 5.41) is 0. The second-order valence-electron chi connectivity index (χ2n) is 6.81. The van der Waals surface area contributed by atoms with Crippen molar-refractivity contribution in [2.24, 2.45) is 0 Å². The molecule has 0 bridgehead atoms. The molecule has 2 heterocycles. The van der Waals surface area contributed by atoms with Gasteiger partial charge >= 0.3 is 0 Å². The molecule has 0 spiro atoms. The van der Waals surface area contributed by atoms with Gasteiger partial charge < -0.3 is 19.1 Å². The van der Waals surface area contributed by atoms with Crippen molar-refractivity contribution in [3.8, 4) is 11.5 Å². The molecule has 8 heteroatoms. The number of morpholine rings is 1. The maximum Gasteiger partial charge on any atom is 0.262 e. The number of nitrogens with one attached hydrogen (secondary N) is 1. The lowest BCUT2D eigenvalue weighted by Crippen LogP contribution is -2.47. The Kier molecular flexibility index (Phi) is 4.61. The minimum absolute atomic E-state index is 0.103. The third kappa shape index (κ3) is 3.68. The number of rotatable bonds is 4. The van der Waals surface area contributed by atoms with E-state index in [1.807, 2.05) is 19.1 Å². The topological polar surface area (TPSA) is 77.1 Å². The Morgan fingerprint density at radius 2 is 1.78 bits per heavy atom. The number of hydrogen-bond donors (Lipinski definition) is 1. The molecule has 2 aromatic rings. The molecular formula is C19H22N2O5S. The Morgan fingerprint density at radius 1 is 1.04 bits per heavy atom. The highest BCUT2D eigenvalue weighted by atomic mass is 32.2. The van der Waals surface area contributed by atoms with Crippen molar-refractivity contribution in [2.45, 2.75) is 30.9 Å². The summed E-state index contributed by atoms with van der Waals surface area (Å²) >= 11 is 0. The molecule has 2 atom stereocenters. The molecule has 0 aliphatic carbocycles. The summed E-state index contributed by atoms with van der Waals surface area (Å²) in [6, 6.07) is 12.2. The molecule has 144 valence electrons.